The summed E-state index contributed by atoms with van der Waals surface area (Å²) in [6, 6.07) is 6.22. The van der Waals surface area contributed by atoms with Crippen LogP contribution in [-0.4, -0.2) is 24.8 Å². The van der Waals surface area contributed by atoms with Gasteiger partial charge in [-0.25, -0.2) is 0 Å². The van der Waals surface area contributed by atoms with Gasteiger partial charge in [-0.3, -0.25) is 0 Å². The van der Waals surface area contributed by atoms with Crippen LogP contribution in [0.1, 0.15) is 46.1 Å². The molecule has 1 aliphatic rings. The zero-order valence-corrected chi connectivity index (χ0v) is 13.2. The van der Waals surface area contributed by atoms with Crippen LogP contribution in [0.2, 0.25) is 0 Å². The molecule has 0 aliphatic carbocycles. The molecule has 0 aromatic heterocycles. The van der Waals surface area contributed by atoms with E-state index in [2.05, 4.69) is 45.1 Å². The van der Waals surface area contributed by atoms with Gasteiger partial charge >= 0.3 is 0 Å². The highest BCUT2D eigenvalue weighted by Gasteiger charge is 2.32. The van der Waals surface area contributed by atoms with E-state index >= 15 is 0 Å². The summed E-state index contributed by atoms with van der Waals surface area (Å²) in [5.74, 6) is 1.83. The molecule has 2 rings (SSSR count). The van der Waals surface area contributed by atoms with Gasteiger partial charge in [0.1, 0.15) is 11.7 Å². The van der Waals surface area contributed by atoms with Crippen LogP contribution >= 0.6 is 0 Å². The van der Waals surface area contributed by atoms with E-state index in [1.165, 1.54) is 5.56 Å². The number of hydrogen-bond donors (Lipinski definition) is 1. The monoisotopic (exact) mass is 277 g/mol. The first-order chi connectivity index (χ1) is 9.55. The molecular formula is C17H27NO2. The Balaban J connectivity index is 2.11. The number of nitrogens with one attached hydrogen (secondary N) is 1. The van der Waals surface area contributed by atoms with E-state index in [-0.39, 0.29) is 11.7 Å². The number of rotatable bonds is 7. The average molecular weight is 277 g/mol. The van der Waals surface area contributed by atoms with E-state index in [4.69, 9.17) is 9.47 Å². The van der Waals surface area contributed by atoms with Crippen molar-refractivity contribution >= 4 is 0 Å². The maximum atomic E-state index is 6.21. The van der Waals surface area contributed by atoms with Gasteiger partial charge < -0.3 is 14.8 Å². The topological polar surface area (TPSA) is 30.5 Å². The molecule has 1 N–H and O–H groups in total. The number of hydrogen-bond acceptors (Lipinski definition) is 3. The molecule has 1 aromatic rings. The molecular weight excluding hydrogens is 250 g/mol. The van der Waals surface area contributed by atoms with Gasteiger partial charge in [-0.1, -0.05) is 32.4 Å². The third-order valence-corrected chi connectivity index (χ3v) is 3.58. The van der Waals surface area contributed by atoms with Crippen molar-refractivity contribution < 1.29 is 9.47 Å². The second kappa shape index (κ2) is 6.49. The van der Waals surface area contributed by atoms with E-state index in [0.29, 0.717) is 0 Å². The molecule has 3 heteroatoms. The van der Waals surface area contributed by atoms with Gasteiger partial charge in [-0.05, 0) is 32.9 Å². The van der Waals surface area contributed by atoms with Crippen LogP contribution in [0, 0.1) is 0 Å². The van der Waals surface area contributed by atoms with Crippen molar-refractivity contribution in [1.29, 1.82) is 0 Å². The Bertz CT molecular complexity index is 443. The molecule has 1 aromatic carbocycles. The molecule has 112 valence electrons. The van der Waals surface area contributed by atoms with E-state index in [1.807, 2.05) is 6.07 Å². The Morgan fingerprint density at radius 2 is 2.15 bits per heavy atom. The van der Waals surface area contributed by atoms with Gasteiger partial charge in [0.25, 0.3) is 0 Å². The van der Waals surface area contributed by atoms with Crippen LogP contribution in [0.25, 0.3) is 0 Å². The summed E-state index contributed by atoms with van der Waals surface area (Å²) in [5.41, 5.74) is 1.13. The van der Waals surface area contributed by atoms with Gasteiger partial charge in [0.15, 0.2) is 11.5 Å². The SMILES string of the molecule is CCCC(CNCC)Oc1cccc2c1OC(C)(C)C2. The normalized spacial score (nSPS) is 17.4. The second-order valence-corrected chi connectivity index (χ2v) is 6.12. The fourth-order valence-electron chi connectivity index (χ4n) is 2.69. The number of likely N-dealkylation sites (N-methyl/N-ethyl adjacent to an activating group) is 1. The van der Waals surface area contributed by atoms with Crippen molar-refractivity contribution in [2.24, 2.45) is 0 Å². The predicted octanol–water partition coefficient (Wildman–Crippen LogP) is 3.56. The Morgan fingerprint density at radius 1 is 1.35 bits per heavy atom. The van der Waals surface area contributed by atoms with Crippen molar-refractivity contribution in [3.05, 3.63) is 23.8 Å². The zero-order chi connectivity index (χ0) is 14.6. The standard InChI is InChI=1S/C17H27NO2/c1-5-8-14(12-18-6-2)19-15-10-7-9-13-11-17(3,4)20-16(13)15/h7,9-10,14,18H,5-6,8,11-12H2,1-4H3. The summed E-state index contributed by atoms with van der Waals surface area (Å²) in [6.45, 7) is 10.4. The third-order valence-electron chi connectivity index (χ3n) is 3.58. The molecule has 1 atom stereocenters. The van der Waals surface area contributed by atoms with Gasteiger partial charge in [-0.15, -0.1) is 0 Å². The summed E-state index contributed by atoms with van der Waals surface area (Å²) in [5, 5.41) is 3.37. The average Bonchev–Trinajstić information content (AvgIpc) is 2.71. The largest absolute Gasteiger partial charge is 0.485 e. The quantitative estimate of drug-likeness (QED) is 0.826. The number of benzene rings is 1. The molecule has 1 unspecified atom stereocenters. The molecule has 20 heavy (non-hydrogen) atoms. The van der Waals surface area contributed by atoms with Gasteiger partial charge in [0.2, 0.25) is 0 Å². The first-order valence-corrected chi connectivity index (χ1v) is 7.74. The molecule has 0 bridgehead atoms. The lowest BCUT2D eigenvalue weighted by Crippen LogP contribution is -2.31. The fourth-order valence-corrected chi connectivity index (χ4v) is 2.69. The predicted molar refractivity (Wildman–Crippen MR) is 82.7 cm³/mol. The van der Waals surface area contributed by atoms with E-state index < -0.39 is 0 Å². The number of fused-ring (bicyclic) bond motifs is 1. The summed E-state index contributed by atoms with van der Waals surface area (Å²) in [4.78, 5) is 0. The van der Waals surface area contributed by atoms with E-state index in [1.54, 1.807) is 0 Å². The molecule has 0 fully saturated rings. The minimum absolute atomic E-state index is 0.121. The molecule has 1 heterocycles. The van der Waals surface area contributed by atoms with Crippen LogP contribution < -0.4 is 14.8 Å². The van der Waals surface area contributed by atoms with Crippen molar-refractivity contribution in [1.82, 2.24) is 5.32 Å². The summed E-state index contributed by atoms with van der Waals surface area (Å²) < 4.78 is 12.3. The lowest BCUT2D eigenvalue weighted by atomic mass is 10.0. The van der Waals surface area contributed by atoms with Gasteiger partial charge in [0, 0.05) is 18.5 Å². The lowest BCUT2D eigenvalue weighted by molar-refractivity contribution is 0.123. The van der Waals surface area contributed by atoms with Crippen LogP contribution in [0.4, 0.5) is 0 Å². The number of para-hydroxylation sites is 1. The molecule has 0 saturated carbocycles. The fraction of sp³-hybridized carbons (Fsp3) is 0.647. The Labute approximate surface area is 122 Å². The van der Waals surface area contributed by atoms with Gasteiger partial charge in [0.05, 0.1) is 0 Å². The first-order valence-electron chi connectivity index (χ1n) is 7.74. The second-order valence-electron chi connectivity index (χ2n) is 6.12. The van der Waals surface area contributed by atoms with Crippen molar-refractivity contribution in [3.63, 3.8) is 0 Å². The molecule has 0 amide bonds. The Kier molecular flexibility index (Phi) is 4.92. The highest BCUT2D eigenvalue weighted by Crippen LogP contribution is 2.42. The Hall–Kier alpha value is -1.22. The zero-order valence-electron chi connectivity index (χ0n) is 13.2. The molecule has 0 radical (unpaired) electrons. The summed E-state index contributed by atoms with van der Waals surface area (Å²) in [6.07, 6.45) is 3.33. The van der Waals surface area contributed by atoms with Crippen LogP contribution in [-0.2, 0) is 6.42 Å². The van der Waals surface area contributed by atoms with Crippen LogP contribution in [0.5, 0.6) is 11.5 Å². The molecule has 0 spiro atoms. The maximum Gasteiger partial charge on any atom is 0.165 e. The smallest absolute Gasteiger partial charge is 0.165 e. The molecule has 0 saturated heterocycles. The maximum absolute atomic E-state index is 6.21. The minimum Gasteiger partial charge on any atom is -0.485 e. The first kappa shape index (κ1) is 15.2. The van der Waals surface area contributed by atoms with Crippen LogP contribution in [0.15, 0.2) is 18.2 Å². The van der Waals surface area contributed by atoms with Crippen molar-refractivity contribution in [3.8, 4) is 11.5 Å². The highest BCUT2D eigenvalue weighted by molar-refractivity contribution is 5.50. The van der Waals surface area contributed by atoms with Crippen molar-refractivity contribution in [2.45, 2.75) is 58.7 Å². The molecule has 1 aliphatic heterocycles. The van der Waals surface area contributed by atoms with Crippen LogP contribution in [0.3, 0.4) is 0 Å². The minimum atomic E-state index is -0.121. The van der Waals surface area contributed by atoms with Crippen molar-refractivity contribution in [2.75, 3.05) is 13.1 Å². The lowest BCUT2D eigenvalue weighted by Gasteiger charge is -2.22. The third kappa shape index (κ3) is 3.66. The summed E-state index contributed by atoms with van der Waals surface area (Å²) >= 11 is 0. The number of ether oxygens (including phenoxy) is 2. The molecule has 3 nitrogen and oxygen atoms in total. The van der Waals surface area contributed by atoms with E-state index in [0.717, 1.165) is 43.9 Å². The summed E-state index contributed by atoms with van der Waals surface area (Å²) in [7, 11) is 0. The highest BCUT2D eigenvalue weighted by atomic mass is 16.5. The Morgan fingerprint density at radius 3 is 2.85 bits per heavy atom. The van der Waals surface area contributed by atoms with Gasteiger partial charge in [-0.2, -0.15) is 0 Å². The van der Waals surface area contributed by atoms with E-state index in [9.17, 15) is 0 Å².